The van der Waals surface area contributed by atoms with Crippen LogP contribution >= 0.6 is 0 Å². The smallest absolute Gasteiger partial charge is 0.120 e. The van der Waals surface area contributed by atoms with E-state index in [-0.39, 0.29) is 6.10 Å². The first-order valence-electron chi connectivity index (χ1n) is 9.29. The molecule has 2 N–H and O–H groups in total. The zero-order valence-electron chi connectivity index (χ0n) is 16.5. The second-order valence-electron chi connectivity index (χ2n) is 6.38. The molecule has 0 unspecified atom stereocenters. The van der Waals surface area contributed by atoms with Gasteiger partial charge in [-0.15, -0.1) is 0 Å². The average Bonchev–Trinajstić information content (AvgIpc) is 3.02. The predicted molar refractivity (Wildman–Crippen MR) is 112 cm³/mol. The number of hydrogen-bond donors (Lipinski definition) is 2. The maximum Gasteiger partial charge on any atom is 0.120 e. The molecule has 0 saturated carbocycles. The Kier molecular flexibility index (Phi) is 6.90. The van der Waals surface area contributed by atoms with Crippen LogP contribution in [-0.2, 0) is 6.54 Å². The minimum atomic E-state index is 0.180. The van der Waals surface area contributed by atoms with E-state index in [0.717, 1.165) is 29.1 Å². The topological polar surface area (TPSA) is 37.0 Å². The third-order valence-corrected chi connectivity index (χ3v) is 4.01. The largest absolute Gasteiger partial charge is 0.491 e. The van der Waals surface area contributed by atoms with Gasteiger partial charge in [0.1, 0.15) is 5.75 Å². The molecule has 0 atom stereocenters. The van der Waals surface area contributed by atoms with Crippen molar-refractivity contribution in [3.05, 3.63) is 71.9 Å². The molecule has 3 heteroatoms. The molecule has 0 aliphatic heterocycles. The Bertz CT molecular complexity index is 862. The van der Waals surface area contributed by atoms with Crippen LogP contribution in [0.25, 0.3) is 16.6 Å². The van der Waals surface area contributed by atoms with Crippen LogP contribution in [0.1, 0.15) is 44.4 Å². The van der Waals surface area contributed by atoms with Gasteiger partial charge in [-0.3, -0.25) is 0 Å². The van der Waals surface area contributed by atoms with E-state index in [0.29, 0.717) is 0 Å². The lowest BCUT2D eigenvalue weighted by molar-refractivity contribution is 0.242. The summed E-state index contributed by atoms with van der Waals surface area (Å²) in [4.78, 5) is 3.27. The van der Waals surface area contributed by atoms with Crippen molar-refractivity contribution >= 4 is 16.6 Å². The molecule has 0 radical (unpaired) electrons. The lowest BCUT2D eigenvalue weighted by atomic mass is 10.1. The molecule has 3 rings (SSSR count). The van der Waals surface area contributed by atoms with Gasteiger partial charge in [-0.05, 0) is 61.7 Å². The number of hydrogen-bond acceptors (Lipinski definition) is 2. The van der Waals surface area contributed by atoms with E-state index < -0.39 is 0 Å². The summed E-state index contributed by atoms with van der Waals surface area (Å²) in [6, 6.07) is 14.5. The van der Waals surface area contributed by atoms with Gasteiger partial charge in [-0.2, -0.15) is 0 Å². The van der Waals surface area contributed by atoms with Crippen molar-refractivity contribution in [2.75, 3.05) is 0 Å². The van der Waals surface area contributed by atoms with E-state index in [4.69, 9.17) is 4.74 Å². The third-order valence-electron chi connectivity index (χ3n) is 4.01. The Morgan fingerprint density at radius 3 is 2.65 bits per heavy atom. The molecule has 3 nitrogen and oxygen atoms in total. The van der Waals surface area contributed by atoms with Gasteiger partial charge in [0, 0.05) is 29.3 Å². The van der Waals surface area contributed by atoms with Gasteiger partial charge >= 0.3 is 0 Å². The predicted octanol–water partition coefficient (Wildman–Crippen LogP) is 6.05. The lowest BCUT2D eigenvalue weighted by Crippen LogP contribution is -2.11. The lowest BCUT2D eigenvalue weighted by Gasteiger charge is -2.13. The number of aryl methyl sites for hydroxylation is 1. The molecule has 3 aromatic rings. The Morgan fingerprint density at radius 2 is 1.92 bits per heavy atom. The van der Waals surface area contributed by atoms with Crippen LogP contribution < -0.4 is 10.1 Å². The molecule has 26 heavy (non-hydrogen) atoms. The Hall–Kier alpha value is -2.68. The van der Waals surface area contributed by atoms with Crippen LogP contribution in [0.5, 0.6) is 5.75 Å². The number of ether oxygens (including phenoxy) is 1. The highest BCUT2D eigenvalue weighted by molar-refractivity contribution is 5.86. The SMILES string of the molecule is C=C(NCc1cccc(OC(C)C)c1)c1ccc2[nH]cc(C)c2c1.CC. The van der Waals surface area contributed by atoms with Gasteiger partial charge in [0.15, 0.2) is 0 Å². The summed E-state index contributed by atoms with van der Waals surface area (Å²) in [5, 5.41) is 4.65. The van der Waals surface area contributed by atoms with Gasteiger partial charge in [-0.1, -0.05) is 38.6 Å². The molecule has 0 spiro atoms. The first-order valence-corrected chi connectivity index (χ1v) is 9.29. The van der Waals surface area contributed by atoms with Crippen LogP contribution in [0.4, 0.5) is 0 Å². The van der Waals surface area contributed by atoms with Gasteiger partial charge in [0.05, 0.1) is 6.10 Å². The van der Waals surface area contributed by atoms with E-state index >= 15 is 0 Å². The Morgan fingerprint density at radius 1 is 1.15 bits per heavy atom. The number of benzene rings is 2. The first kappa shape index (κ1) is 19.6. The second-order valence-corrected chi connectivity index (χ2v) is 6.38. The number of nitrogens with one attached hydrogen (secondary N) is 2. The standard InChI is InChI=1S/C21H24N2O.C2H6/c1-14(2)24-19-7-5-6-17(10-19)13-22-16(4)18-8-9-21-20(11-18)15(3)12-23-21;1-2/h5-12,14,22-23H,4,13H2,1-3H3;1-2H3. The summed E-state index contributed by atoms with van der Waals surface area (Å²) < 4.78 is 5.75. The highest BCUT2D eigenvalue weighted by Crippen LogP contribution is 2.22. The van der Waals surface area contributed by atoms with Gasteiger partial charge in [0.2, 0.25) is 0 Å². The molecule has 0 amide bonds. The van der Waals surface area contributed by atoms with Crippen LogP contribution in [0.15, 0.2) is 55.2 Å². The zero-order valence-corrected chi connectivity index (χ0v) is 16.5. The molecule has 1 heterocycles. The van der Waals surface area contributed by atoms with Crippen molar-refractivity contribution < 1.29 is 4.74 Å². The van der Waals surface area contributed by atoms with Crippen molar-refractivity contribution in [1.29, 1.82) is 0 Å². The summed E-state index contributed by atoms with van der Waals surface area (Å²) in [6.07, 6.45) is 2.21. The van der Waals surface area contributed by atoms with Crippen LogP contribution in [0.2, 0.25) is 0 Å². The van der Waals surface area contributed by atoms with Crippen LogP contribution in [0, 0.1) is 6.92 Å². The number of aromatic amines is 1. The quantitative estimate of drug-likeness (QED) is 0.568. The summed E-state index contributed by atoms with van der Waals surface area (Å²) >= 11 is 0. The third kappa shape index (κ3) is 4.92. The monoisotopic (exact) mass is 350 g/mol. The highest BCUT2D eigenvalue weighted by atomic mass is 16.5. The van der Waals surface area contributed by atoms with E-state index in [1.165, 1.54) is 16.5 Å². The highest BCUT2D eigenvalue weighted by Gasteiger charge is 2.05. The molecule has 0 fully saturated rings. The maximum atomic E-state index is 5.75. The molecular weight excluding hydrogens is 320 g/mol. The fourth-order valence-corrected chi connectivity index (χ4v) is 2.76. The van der Waals surface area contributed by atoms with Crippen LogP contribution in [-0.4, -0.2) is 11.1 Å². The van der Waals surface area contributed by atoms with Crippen molar-refractivity contribution in [1.82, 2.24) is 10.3 Å². The molecule has 0 bridgehead atoms. The fourth-order valence-electron chi connectivity index (χ4n) is 2.76. The summed E-state index contributed by atoms with van der Waals surface area (Å²) in [7, 11) is 0. The van der Waals surface area contributed by atoms with E-state index in [9.17, 15) is 0 Å². The van der Waals surface area contributed by atoms with Crippen LogP contribution in [0.3, 0.4) is 0 Å². The normalized spacial score (nSPS) is 10.4. The molecular formula is C23H30N2O. The molecule has 0 aliphatic carbocycles. The Labute approximate surface area is 157 Å². The van der Waals surface area contributed by atoms with Crippen molar-refractivity contribution in [2.45, 2.75) is 47.3 Å². The second kappa shape index (κ2) is 9.14. The van der Waals surface area contributed by atoms with E-state index in [1.54, 1.807) is 0 Å². The molecule has 1 aromatic heterocycles. The minimum absolute atomic E-state index is 0.180. The average molecular weight is 351 g/mol. The first-order chi connectivity index (χ1) is 12.5. The van der Waals surface area contributed by atoms with E-state index in [1.807, 2.05) is 46.0 Å². The van der Waals surface area contributed by atoms with Crippen molar-refractivity contribution in [3.8, 4) is 5.75 Å². The van der Waals surface area contributed by atoms with Gasteiger partial charge in [-0.25, -0.2) is 0 Å². The number of rotatable bonds is 6. The summed E-state index contributed by atoms with van der Waals surface area (Å²) in [6.45, 7) is 15.1. The van der Waals surface area contributed by atoms with Gasteiger partial charge in [0.25, 0.3) is 0 Å². The maximum absolute atomic E-state index is 5.75. The number of fused-ring (bicyclic) bond motifs is 1. The summed E-state index contributed by atoms with van der Waals surface area (Å²) in [5.41, 5.74) is 5.61. The zero-order chi connectivity index (χ0) is 19.1. The number of H-pyrrole nitrogens is 1. The molecule has 0 saturated heterocycles. The van der Waals surface area contributed by atoms with E-state index in [2.05, 4.69) is 54.1 Å². The number of aromatic nitrogens is 1. The minimum Gasteiger partial charge on any atom is -0.491 e. The fraction of sp³-hybridized carbons (Fsp3) is 0.304. The molecule has 0 aliphatic rings. The van der Waals surface area contributed by atoms with Crippen molar-refractivity contribution in [3.63, 3.8) is 0 Å². The van der Waals surface area contributed by atoms with Gasteiger partial charge < -0.3 is 15.0 Å². The molecule has 138 valence electrons. The van der Waals surface area contributed by atoms with Crippen molar-refractivity contribution in [2.24, 2.45) is 0 Å². The summed E-state index contributed by atoms with van der Waals surface area (Å²) in [5.74, 6) is 0.902. The molecule has 2 aromatic carbocycles. The Balaban J connectivity index is 0.00000117.